The quantitative estimate of drug-likeness (QED) is 0.639. The molecule has 1 amide bonds. The van der Waals surface area contributed by atoms with Crippen molar-refractivity contribution in [2.75, 3.05) is 17.7 Å². The van der Waals surface area contributed by atoms with Gasteiger partial charge in [-0.2, -0.15) is 5.10 Å². The van der Waals surface area contributed by atoms with Crippen LogP contribution in [0.2, 0.25) is 0 Å². The molecular formula is C23H37N3O4S. The van der Waals surface area contributed by atoms with E-state index in [1.165, 1.54) is 44.9 Å². The number of benzene rings is 1. The predicted octanol–water partition coefficient (Wildman–Crippen LogP) is 4.63. The highest BCUT2D eigenvalue weighted by Gasteiger charge is 2.29. The lowest BCUT2D eigenvalue weighted by Crippen LogP contribution is -2.46. The summed E-state index contributed by atoms with van der Waals surface area (Å²) >= 11 is 0. The summed E-state index contributed by atoms with van der Waals surface area (Å²) in [6.07, 6.45) is 13.8. The molecule has 0 spiro atoms. The van der Waals surface area contributed by atoms with Gasteiger partial charge in [0.1, 0.15) is 11.8 Å². The molecule has 1 N–H and O–H groups in total. The van der Waals surface area contributed by atoms with Crippen molar-refractivity contribution in [1.29, 1.82) is 0 Å². The molecule has 1 aliphatic carbocycles. The number of amides is 1. The summed E-state index contributed by atoms with van der Waals surface area (Å²) in [5.41, 5.74) is 4.03. The standard InChI is InChI=1S/C23H37N3O4S/c1-19(26(31(3,28)29)21-15-17-22(30-2)18-16-21)23(27)25-24-20-13-11-9-7-5-4-6-8-10-12-14-20/h15-19H,4-14H2,1-3H3,(H,25,27)/t19-/m0/s1. The smallest absolute Gasteiger partial charge is 0.263 e. The summed E-state index contributed by atoms with van der Waals surface area (Å²) in [7, 11) is -2.13. The molecule has 1 aromatic carbocycles. The second-order valence-electron chi connectivity index (χ2n) is 8.27. The van der Waals surface area contributed by atoms with Crippen LogP contribution in [-0.4, -0.2) is 39.4 Å². The highest BCUT2D eigenvalue weighted by Crippen LogP contribution is 2.24. The van der Waals surface area contributed by atoms with Crippen molar-refractivity contribution >= 4 is 27.3 Å². The Bertz CT molecular complexity index is 808. The maximum absolute atomic E-state index is 12.8. The number of rotatable bonds is 6. The number of nitrogens with one attached hydrogen (secondary N) is 1. The lowest BCUT2D eigenvalue weighted by atomic mass is 10.00. The molecule has 2 rings (SSSR count). The first-order chi connectivity index (χ1) is 14.8. The highest BCUT2D eigenvalue weighted by molar-refractivity contribution is 7.92. The zero-order valence-electron chi connectivity index (χ0n) is 19.1. The van der Waals surface area contributed by atoms with E-state index >= 15 is 0 Å². The Hall–Kier alpha value is -2.09. The number of carbonyl (C=O) groups is 1. The topological polar surface area (TPSA) is 88.1 Å². The molecule has 1 fully saturated rings. The number of sulfonamides is 1. The minimum Gasteiger partial charge on any atom is -0.497 e. The second kappa shape index (κ2) is 12.7. The van der Waals surface area contributed by atoms with Gasteiger partial charge in [0.15, 0.2) is 0 Å². The number of hydrogen-bond acceptors (Lipinski definition) is 5. The number of anilines is 1. The van der Waals surface area contributed by atoms with Crippen molar-refractivity contribution in [1.82, 2.24) is 5.43 Å². The maximum Gasteiger partial charge on any atom is 0.263 e. The molecule has 0 aliphatic heterocycles. The van der Waals surface area contributed by atoms with Crippen molar-refractivity contribution in [2.24, 2.45) is 5.10 Å². The van der Waals surface area contributed by atoms with Crippen LogP contribution in [0.3, 0.4) is 0 Å². The Kier molecular flexibility index (Phi) is 10.3. The lowest BCUT2D eigenvalue weighted by Gasteiger charge is -2.27. The first-order valence-electron chi connectivity index (χ1n) is 11.3. The van der Waals surface area contributed by atoms with Crippen LogP contribution < -0.4 is 14.5 Å². The van der Waals surface area contributed by atoms with Gasteiger partial charge < -0.3 is 4.74 Å². The van der Waals surface area contributed by atoms with Gasteiger partial charge in [-0.25, -0.2) is 13.8 Å². The molecule has 7 nitrogen and oxygen atoms in total. The van der Waals surface area contributed by atoms with Crippen LogP contribution >= 0.6 is 0 Å². The Balaban J connectivity index is 2.08. The molecule has 0 unspecified atom stereocenters. The number of carbonyl (C=O) groups excluding carboxylic acids is 1. The van der Waals surface area contributed by atoms with Crippen LogP contribution in [-0.2, 0) is 14.8 Å². The zero-order chi connectivity index (χ0) is 22.7. The monoisotopic (exact) mass is 451 g/mol. The Labute approximate surface area is 187 Å². The number of nitrogens with zero attached hydrogens (tertiary/aromatic N) is 2. The van der Waals surface area contributed by atoms with E-state index in [-0.39, 0.29) is 0 Å². The molecule has 0 aromatic heterocycles. The molecular weight excluding hydrogens is 414 g/mol. The lowest BCUT2D eigenvalue weighted by molar-refractivity contribution is -0.121. The average molecular weight is 452 g/mol. The second-order valence-corrected chi connectivity index (χ2v) is 10.1. The van der Waals surface area contributed by atoms with E-state index in [0.29, 0.717) is 11.4 Å². The van der Waals surface area contributed by atoms with Crippen LogP contribution in [0.4, 0.5) is 5.69 Å². The molecule has 31 heavy (non-hydrogen) atoms. The number of methoxy groups -OCH3 is 1. The average Bonchev–Trinajstić information content (AvgIpc) is 2.72. The Morgan fingerprint density at radius 3 is 1.90 bits per heavy atom. The maximum atomic E-state index is 12.8. The van der Waals surface area contributed by atoms with Gasteiger partial charge in [0.05, 0.1) is 19.1 Å². The number of ether oxygens (including phenoxy) is 1. The van der Waals surface area contributed by atoms with Crippen LogP contribution in [0.1, 0.15) is 77.6 Å². The molecule has 0 heterocycles. The molecule has 0 saturated heterocycles. The molecule has 174 valence electrons. The van der Waals surface area contributed by atoms with E-state index in [0.717, 1.165) is 42.0 Å². The highest BCUT2D eigenvalue weighted by atomic mass is 32.2. The summed E-state index contributed by atoms with van der Waals surface area (Å²) in [5.74, 6) is 0.170. The van der Waals surface area contributed by atoms with Gasteiger partial charge in [-0.05, 0) is 56.9 Å². The van der Waals surface area contributed by atoms with Crippen LogP contribution in [0.25, 0.3) is 0 Å². The van der Waals surface area contributed by atoms with Gasteiger partial charge in [-0.15, -0.1) is 0 Å². The molecule has 1 saturated carbocycles. The summed E-state index contributed by atoms with van der Waals surface area (Å²) in [5, 5.41) is 4.39. The first kappa shape index (κ1) is 25.2. The molecule has 1 aliphatic rings. The fraction of sp³-hybridized carbons (Fsp3) is 0.652. The van der Waals surface area contributed by atoms with Crippen molar-refractivity contribution < 1.29 is 17.9 Å². The van der Waals surface area contributed by atoms with E-state index < -0.39 is 22.0 Å². The largest absolute Gasteiger partial charge is 0.497 e. The van der Waals surface area contributed by atoms with Crippen molar-refractivity contribution in [3.8, 4) is 5.75 Å². The zero-order valence-corrected chi connectivity index (χ0v) is 19.9. The van der Waals surface area contributed by atoms with E-state index in [1.54, 1.807) is 38.3 Å². The predicted molar refractivity (Wildman–Crippen MR) is 126 cm³/mol. The van der Waals surface area contributed by atoms with Crippen molar-refractivity contribution in [2.45, 2.75) is 83.6 Å². The minimum absolute atomic E-state index is 0.407. The summed E-state index contributed by atoms with van der Waals surface area (Å²) in [6.45, 7) is 1.57. The van der Waals surface area contributed by atoms with Gasteiger partial charge in [-0.3, -0.25) is 9.10 Å². The summed E-state index contributed by atoms with van der Waals surface area (Å²) in [6, 6.07) is 5.66. The molecule has 1 aromatic rings. The summed E-state index contributed by atoms with van der Waals surface area (Å²) < 4.78 is 31.1. The minimum atomic E-state index is -3.67. The Morgan fingerprint density at radius 2 is 1.45 bits per heavy atom. The third-order valence-corrected chi connectivity index (χ3v) is 6.91. The van der Waals surface area contributed by atoms with Crippen LogP contribution in [0, 0.1) is 0 Å². The molecule has 8 heteroatoms. The Morgan fingerprint density at radius 1 is 0.968 bits per heavy atom. The molecule has 0 bridgehead atoms. The van der Waals surface area contributed by atoms with Gasteiger partial charge in [0.25, 0.3) is 5.91 Å². The fourth-order valence-electron chi connectivity index (χ4n) is 3.90. The van der Waals surface area contributed by atoms with Crippen molar-refractivity contribution in [3.05, 3.63) is 24.3 Å². The normalized spacial score (nSPS) is 17.6. The van der Waals surface area contributed by atoms with E-state index in [2.05, 4.69) is 10.5 Å². The van der Waals surface area contributed by atoms with E-state index in [9.17, 15) is 13.2 Å². The van der Waals surface area contributed by atoms with Crippen LogP contribution in [0.15, 0.2) is 29.4 Å². The number of hydrazone groups is 1. The SMILES string of the molecule is COc1ccc(N([C@@H](C)C(=O)NN=C2CCCCCCCCCCC2)S(C)(=O)=O)cc1. The summed E-state index contributed by atoms with van der Waals surface area (Å²) in [4.78, 5) is 12.8. The fourth-order valence-corrected chi connectivity index (χ4v) is 5.07. The third kappa shape index (κ3) is 8.51. The van der Waals surface area contributed by atoms with Gasteiger partial charge >= 0.3 is 0 Å². The number of hydrogen-bond donors (Lipinski definition) is 1. The first-order valence-corrected chi connectivity index (χ1v) is 13.2. The molecule has 1 atom stereocenters. The molecule has 0 radical (unpaired) electrons. The van der Waals surface area contributed by atoms with Crippen LogP contribution in [0.5, 0.6) is 5.75 Å². The van der Waals surface area contributed by atoms with Crippen molar-refractivity contribution in [3.63, 3.8) is 0 Å². The van der Waals surface area contributed by atoms with Gasteiger partial charge in [0.2, 0.25) is 10.0 Å². The van der Waals surface area contributed by atoms with E-state index in [4.69, 9.17) is 4.74 Å². The third-order valence-electron chi connectivity index (χ3n) is 5.67. The van der Waals surface area contributed by atoms with E-state index in [1.807, 2.05) is 0 Å². The van der Waals surface area contributed by atoms with Gasteiger partial charge in [0, 0.05) is 5.71 Å². The van der Waals surface area contributed by atoms with Gasteiger partial charge in [-0.1, -0.05) is 44.9 Å².